The molecule has 1 aromatic rings. The van der Waals surface area contributed by atoms with E-state index in [1.165, 1.54) is 14.0 Å². The molecule has 0 aromatic heterocycles. The zero-order valence-corrected chi connectivity index (χ0v) is 9.86. The van der Waals surface area contributed by atoms with Crippen molar-refractivity contribution in [3.05, 3.63) is 29.3 Å². The van der Waals surface area contributed by atoms with Gasteiger partial charge in [0.1, 0.15) is 11.3 Å². The Balaban J connectivity index is 3.11. The third-order valence-electron chi connectivity index (χ3n) is 2.14. The molecule has 0 aliphatic carbocycles. The number of methoxy groups -OCH3 is 1. The van der Waals surface area contributed by atoms with Gasteiger partial charge in [0.15, 0.2) is 0 Å². The Morgan fingerprint density at radius 2 is 2.06 bits per heavy atom. The second-order valence-electron chi connectivity index (χ2n) is 3.45. The van der Waals surface area contributed by atoms with E-state index in [0.29, 0.717) is 13.0 Å². The fourth-order valence-electron chi connectivity index (χ4n) is 1.41. The van der Waals surface area contributed by atoms with E-state index >= 15 is 0 Å². The van der Waals surface area contributed by atoms with Gasteiger partial charge in [-0.25, -0.2) is 4.79 Å². The van der Waals surface area contributed by atoms with E-state index in [9.17, 15) is 9.59 Å². The molecule has 1 aromatic carbocycles. The molecule has 0 saturated heterocycles. The van der Waals surface area contributed by atoms with Gasteiger partial charge in [0.25, 0.3) is 0 Å². The summed E-state index contributed by atoms with van der Waals surface area (Å²) in [7, 11) is 1.27. The lowest BCUT2D eigenvalue weighted by Gasteiger charge is -2.09. The van der Waals surface area contributed by atoms with Gasteiger partial charge in [-0.1, -0.05) is 6.07 Å². The summed E-state index contributed by atoms with van der Waals surface area (Å²) >= 11 is 0. The summed E-state index contributed by atoms with van der Waals surface area (Å²) in [4.78, 5) is 22.4. The Morgan fingerprint density at radius 3 is 2.59 bits per heavy atom. The Morgan fingerprint density at radius 1 is 1.35 bits per heavy atom. The van der Waals surface area contributed by atoms with Crippen molar-refractivity contribution in [1.29, 1.82) is 0 Å². The van der Waals surface area contributed by atoms with E-state index in [1.54, 1.807) is 18.2 Å². The van der Waals surface area contributed by atoms with Crippen molar-refractivity contribution in [3.8, 4) is 5.75 Å². The molecule has 0 unspecified atom stereocenters. The Kier molecular flexibility index (Phi) is 4.66. The standard InChI is InChI=1S/C12H15NO4/c1-8(14)17-11-7-9(5-6-13)3-4-10(11)12(15)16-2/h3-4,7H,5-6,13H2,1-2H3. The van der Waals surface area contributed by atoms with Crippen molar-refractivity contribution in [2.75, 3.05) is 13.7 Å². The zero-order chi connectivity index (χ0) is 12.8. The molecule has 0 saturated carbocycles. The van der Waals surface area contributed by atoms with Crippen molar-refractivity contribution in [2.45, 2.75) is 13.3 Å². The first-order valence-electron chi connectivity index (χ1n) is 5.18. The molecule has 5 heteroatoms. The van der Waals surface area contributed by atoms with Crippen LogP contribution in [0.15, 0.2) is 18.2 Å². The van der Waals surface area contributed by atoms with Crippen LogP contribution in [0.5, 0.6) is 5.75 Å². The summed E-state index contributed by atoms with van der Waals surface area (Å²) in [6.07, 6.45) is 0.649. The van der Waals surface area contributed by atoms with Crippen LogP contribution in [0.1, 0.15) is 22.8 Å². The van der Waals surface area contributed by atoms with E-state index in [4.69, 9.17) is 10.5 Å². The molecule has 0 heterocycles. The Hall–Kier alpha value is -1.88. The fourth-order valence-corrected chi connectivity index (χ4v) is 1.41. The van der Waals surface area contributed by atoms with Crippen LogP contribution in [0.3, 0.4) is 0 Å². The molecular weight excluding hydrogens is 222 g/mol. The summed E-state index contributed by atoms with van der Waals surface area (Å²) in [5.74, 6) is -0.823. The van der Waals surface area contributed by atoms with Gasteiger partial charge < -0.3 is 15.2 Å². The minimum absolute atomic E-state index is 0.204. The molecule has 1 rings (SSSR count). The van der Waals surface area contributed by atoms with Crippen LogP contribution < -0.4 is 10.5 Å². The topological polar surface area (TPSA) is 78.6 Å². The first-order valence-corrected chi connectivity index (χ1v) is 5.18. The molecule has 17 heavy (non-hydrogen) atoms. The molecule has 0 radical (unpaired) electrons. The van der Waals surface area contributed by atoms with Crippen LogP contribution in [0.25, 0.3) is 0 Å². The normalized spacial score (nSPS) is 9.82. The summed E-state index contributed by atoms with van der Waals surface area (Å²) in [6.45, 7) is 1.76. The lowest BCUT2D eigenvalue weighted by molar-refractivity contribution is -0.131. The quantitative estimate of drug-likeness (QED) is 0.621. The van der Waals surface area contributed by atoms with Crippen molar-refractivity contribution >= 4 is 11.9 Å². The van der Waals surface area contributed by atoms with Crippen molar-refractivity contribution < 1.29 is 19.1 Å². The highest BCUT2D eigenvalue weighted by atomic mass is 16.5. The molecule has 0 aliphatic rings. The maximum atomic E-state index is 11.4. The summed E-state index contributed by atoms with van der Waals surface area (Å²) in [5.41, 5.74) is 6.56. The number of benzene rings is 1. The molecule has 92 valence electrons. The summed E-state index contributed by atoms with van der Waals surface area (Å²) in [5, 5.41) is 0. The average Bonchev–Trinajstić information content (AvgIpc) is 2.28. The van der Waals surface area contributed by atoms with E-state index in [0.717, 1.165) is 5.56 Å². The lowest BCUT2D eigenvalue weighted by atomic mass is 10.1. The van der Waals surface area contributed by atoms with Gasteiger partial charge in [-0.2, -0.15) is 0 Å². The maximum Gasteiger partial charge on any atom is 0.341 e. The van der Waals surface area contributed by atoms with Gasteiger partial charge in [-0.15, -0.1) is 0 Å². The van der Waals surface area contributed by atoms with Gasteiger partial charge >= 0.3 is 11.9 Å². The van der Waals surface area contributed by atoms with Crippen LogP contribution >= 0.6 is 0 Å². The zero-order valence-electron chi connectivity index (χ0n) is 9.86. The highest BCUT2D eigenvalue weighted by Gasteiger charge is 2.15. The third kappa shape index (κ3) is 3.57. The molecule has 0 atom stereocenters. The van der Waals surface area contributed by atoms with E-state index in [-0.39, 0.29) is 11.3 Å². The SMILES string of the molecule is COC(=O)c1ccc(CCN)cc1OC(C)=O. The van der Waals surface area contributed by atoms with Crippen molar-refractivity contribution in [2.24, 2.45) is 5.73 Å². The van der Waals surface area contributed by atoms with Gasteiger partial charge in [-0.3, -0.25) is 4.79 Å². The first kappa shape index (κ1) is 13.2. The third-order valence-corrected chi connectivity index (χ3v) is 2.14. The van der Waals surface area contributed by atoms with Crippen LogP contribution in [-0.2, 0) is 16.0 Å². The average molecular weight is 237 g/mol. The van der Waals surface area contributed by atoms with Crippen LogP contribution in [0.4, 0.5) is 0 Å². The molecule has 5 nitrogen and oxygen atoms in total. The largest absolute Gasteiger partial charge is 0.465 e. The lowest BCUT2D eigenvalue weighted by Crippen LogP contribution is -2.10. The van der Waals surface area contributed by atoms with E-state index in [2.05, 4.69) is 4.74 Å². The molecule has 0 aliphatic heterocycles. The number of nitrogens with two attached hydrogens (primary N) is 1. The van der Waals surface area contributed by atoms with Crippen molar-refractivity contribution in [1.82, 2.24) is 0 Å². The number of esters is 2. The molecule has 0 fully saturated rings. The number of hydrogen-bond acceptors (Lipinski definition) is 5. The second kappa shape index (κ2) is 6.00. The molecule has 0 amide bonds. The Labute approximate surface area is 99.5 Å². The number of hydrogen-bond donors (Lipinski definition) is 1. The second-order valence-corrected chi connectivity index (χ2v) is 3.45. The van der Waals surface area contributed by atoms with Gasteiger partial charge in [0.2, 0.25) is 0 Å². The number of rotatable bonds is 4. The smallest absolute Gasteiger partial charge is 0.341 e. The minimum atomic E-state index is -0.541. The summed E-state index contributed by atoms with van der Waals surface area (Å²) < 4.78 is 9.58. The van der Waals surface area contributed by atoms with Crippen molar-refractivity contribution in [3.63, 3.8) is 0 Å². The molecule has 2 N–H and O–H groups in total. The molecule has 0 bridgehead atoms. The highest BCUT2D eigenvalue weighted by Crippen LogP contribution is 2.22. The predicted octanol–water partition coefficient (Wildman–Crippen LogP) is 0.900. The molecule has 0 spiro atoms. The van der Waals surface area contributed by atoms with Crippen LogP contribution in [-0.4, -0.2) is 25.6 Å². The fraction of sp³-hybridized carbons (Fsp3) is 0.333. The van der Waals surface area contributed by atoms with Crippen LogP contribution in [0.2, 0.25) is 0 Å². The minimum Gasteiger partial charge on any atom is -0.465 e. The van der Waals surface area contributed by atoms with Gasteiger partial charge in [-0.05, 0) is 30.7 Å². The van der Waals surface area contributed by atoms with Gasteiger partial charge in [0.05, 0.1) is 7.11 Å². The monoisotopic (exact) mass is 237 g/mol. The Bertz CT molecular complexity index is 429. The number of ether oxygens (including phenoxy) is 2. The highest BCUT2D eigenvalue weighted by molar-refractivity contribution is 5.93. The molecular formula is C12H15NO4. The van der Waals surface area contributed by atoms with Crippen LogP contribution in [0, 0.1) is 0 Å². The van der Waals surface area contributed by atoms with Gasteiger partial charge in [0, 0.05) is 6.92 Å². The van der Waals surface area contributed by atoms with E-state index < -0.39 is 11.9 Å². The number of carbonyl (C=O) groups is 2. The van der Waals surface area contributed by atoms with E-state index in [1.807, 2.05) is 0 Å². The number of carbonyl (C=O) groups excluding carboxylic acids is 2. The first-order chi connectivity index (χ1) is 8.08. The maximum absolute atomic E-state index is 11.4. The summed E-state index contributed by atoms with van der Waals surface area (Å²) in [6, 6.07) is 4.95. The predicted molar refractivity (Wildman–Crippen MR) is 61.8 cm³/mol.